The number of piperidine rings is 1. The number of rotatable bonds is 10. The number of nitrogens with zero attached hydrogens (tertiary/aromatic N) is 1. The number of hydrogen-bond acceptors (Lipinski definition) is 5. The monoisotopic (exact) mass is 408 g/mol. The predicted octanol–water partition coefficient (Wildman–Crippen LogP) is 2.58. The molecule has 3 amide bonds. The quantitative estimate of drug-likeness (QED) is 0.518. The highest BCUT2D eigenvalue weighted by molar-refractivity contribution is 7.14. The van der Waals surface area contributed by atoms with Crippen LogP contribution in [0.3, 0.4) is 0 Å². The average molecular weight is 409 g/mol. The fourth-order valence-corrected chi connectivity index (χ4v) is 4.26. The molecule has 2 atom stereocenters. The third kappa shape index (κ3) is 6.31. The Kier molecular flexibility index (Phi) is 8.92. The lowest BCUT2D eigenvalue weighted by Crippen LogP contribution is -2.50. The largest absolute Gasteiger partial charge is 0.366 e. The number of unbranched alkanes of at least 4 members (excludes halogenated alkanes) is 3. The molecule has 1 aliphatic heterocycles. The number of likely N-dealkylation sites (tertiary alicyclic amines) is 1. The minimum atomic E-state index is -0.558. The molecule has 2 rings (SSSR count). The van der Waals surface area contributed by atoms with Crippen molar-refractivity contribution in [2.75, 3.05) is 25.0 Å². The van der Waals surface area contributed by atoms with E-state index in [2.05, 4.69) is 17.6 Å². The van der Waals surface area contributed by atoms with Gasteiger partial charge in [-0.05, 0) is 44.2 Å². The Balaban J connectivity index is 1.84. The maximum atomic E-state index is 12.6. The van der Waals surface area contributed by atoms with Crippen LogP contribution in [0.2, 0.25) is 0 Å². The summed E-state index contributed by atoms with van der Waals surface area (Å²) >= 11 is 1.27. The number of anilines is 1. The van der Waals surface area contributed by atoms with Gasteiger partial charge in [0.25, 0.3) is 5.91 Å². The molecule has 0 spiro atoms. The van der Waals surface area contributed by atoms with Gasteiger partial charge in [-0.1, -0.05) is 26.2 Å². The molecule has 4 N–H and O–H groups in total. The third-order valence-corrected chi connectivity index (χ3v) is 6.08. The van der Waals surface area contributed by atoms with E-state index in [-0.39, 0.29) is 23.8 Å². The van der Waals surface area contributed by atoms with E-state index in [9.17, 15) is 14.4 Å². The third-order valence-electron chi connectivity index (χ3n) is 5.25. The summed E-state index contributed by atoms with van der Waals surface area (Å²) in [7, 11) is 0. The number of amides is 3. The molecule has 1 fully saturated rings. The molecule has 1 saturated heterocycles. The highest BCUT2D eigenvalue weighted by atomic mass is 32.1. The second kappa shape index (κ2) is 11.2. The van der Waals surface area contributed by atoms with Crippen molar-refractivity contribution < 1.29 is 14.4 Å². The van der Waals surface area contributed by atoms with Gasteiger partial charge in [0.05, 0.1) is 17.5 Å². The molecule has 0 aliphatic carbocycles. The first kappa shape index (κ1) is 22.4. The van der Waals surface area contributed by atoms with Gasteiger partial charge >= 0.3 is 0 Å². The first-order valence-corrected chi connectivity index (χ1v) is 11.0. The molecule has 0 saturated carbocycles. The Labute approximate surface area is 171 Å². The second-order valence-electron chi connectivity index (χ2n) is 7.38. The van der Waals surface area contributed by atoms with Crippen molar-refractivity contribution in [1.82, 2.24) is 10.2 Å². The van der Waals surface area contributed by atoms with E-state index in [1.165, 1.54) is 24.2 Å². The number of primary amides is 1. The van der Waals surface area contributed by atoms with Crippen LogP contribution in [-0.4, -0.2) is 48.3 Å². The van der Waals surface area contributed by atoms with Crippen molar-refractivity contribution in [3.05, 3.63) is 17.0 Å². The highest BCUT2D eigenvalue weighted by Gasteiger charge is 2.31. The lowest BCUT2D eigenvalue weighted by atomic mass is 9.95. The van der Waals surface area contributed by atoms with E-state index < -0.39 is 5.91 Å². The predicted molar refractivity (Wildman–Crippen MR) is 112 cm³/mol. The lowest BCUT2D eigenvalue weighted by Gasteiger charge is -2.35. The zero-order valence-corrected chi connectivity index (χ0v) is 17.6. The fraction of sp³-hybridized carbons (Fsp3) is 0.650. The maximum Gasteiger partial charge on any atom is 0.251 e. The van der Waals surface area contributed by atoms with Crippen molar-refractivity contribution >= 4 is 34.1 Å². The van der Waals surface area contributed by atoms with E-state index in [0.29, 0.717) is 17.1 Å². The minimum absolute atomic E-state index is 0.0851. The van der Waals surface area contributed by atoms with Gasteiger partial charge in [0.2, 0.25) is 11.8 Å². The Bertz CT molecular complexity index is 676. The Hall–Kier alpha value is -1.93. The van der Waals surface area contributed by atoms with Crippen LogP contribution >= 0.6 is 11.3 Å². The van der Waals surface area contributed by atoms with Crippen LogP contribution in [0.4, 0.5) is 5.00 Å². The maximum absolute atomic E-state index is 12.6. The first-order valence-electron chi connectivity index (χ1n) is 10.1. The summed E-state index contributed by atoms with van der Waals surface area (Å²) in [5.74, 6) is -0.746. The Morgan fingerprint density at radius 2 is 2.11 bits per heavy atom. The Morgan fingerprint density at radius 1 is 1.32 bits per heavy atom. The molecule has 2 unspecified atom stereocenters. The molecular formula is C20H32N4O3S. The Morgan fingerprint density at radius 3 is 2.82 bits per heavy atom. The minimum Gasteiger partial charge on any atom is -0.366 e. The SMILES string of the molecule is CCCCCCNC(=O)C1CCCN(C(C)C(=O)Nc2sccc2C(N)=O)C1. The average Bonchev–Trinajstić information content (AvgIpc) is 3.15. The number of hydrogen-bond donors (Lipinski definition) is 3. The number of carbonyl (C=O) groups is 3. The fourth-order valence-electron chi connectivity index (χ4n) is 3.46. The molecule has 7 nitrogen and oxygen atoms in total. The smallest absolute Gasteiger partial charge is 0.251 e. The first-order chi connectivity index (χ1) is 13.4. The summed E-state index contributed by atoms with van der Waals surface area (Å²) in [5.41, 5.74) is 5.66. The van der Waals surface area contributed by atoms with Crippen LogP contribution < -0.4 is 16.4 Å². The number of nitrogens with one attached hydrogen (secondary N) is 2. The summed E-state index contributed by atoms with van der Waals surface area (Å²) in [6.07, 6.45) is 6.26. The molecule has 0 aromatic carbocycles. The van der Waals surface area contributed by atoms with Gasteiger partial charge in [-0.25, -0.2) is 0 Å². The highest BCUT2D eigenvalue weighted by Crippen LogP contribution is 2.24. The summed E-state index contributed by atoms with van der Waals surface area (Å²) < 4.78 is 0. The molecule has 1 aromatic heterocycles. The second-order valence-corrected chi connectivity index (χ2v) is 8.29. The number of thiophene rings is 1. The zero-order valence-electron chi connectivity index (χ0n) is 16.8. The lowest BCUT2D eigenvalue weighted by molar-refractivity contribution is -0.129. The molecular weight excluding hydrogens is 376 g/mol. The van der Waals surface area contributed by atoms with E-state index in [4.69, 9.17) is 5.73 Å². The molecule has 8 heteroatoms. The standard InChI is InChI=1S/C20H32N4O3S/c1-3-4-5-6-10-22-19(27)15-8-7-11-24(13-15)14(2)18(26)23-20-16(17(21)25)9-12-28-20/h9,12,14-15H,3-8,10-11,13H2,1-2H3,(H2,21,25)(H,22,27)(H,23,26). The molecule has 156 valence electrons. The topological polar surface area (TPSA) is 105 Å². The zero-order chi connectivity index (χ0) is 20.5. The van der Waals surface area contributed by atoms with E-state index in [1.54, 1.807) is 11.4 Å². The van der Waals surface area contributed by atoms with Crippen molar-refractivity contribution in [1.29, 1.82) is 0 Å². The molecule has 28 heavy (non-hydrogen) atoms. The summed E-state index contributed by atoms with van der Waals surface area (Å²) in [6.45, 7) is 6.07. The summed E-state index contributed by atoms with van der Waals surface area (Å²) in [5, 5.41) is 8.04. The van der Waals surface area contributed by atoms with E-state index >= 15 is 0 Å². The van der Waals surface area contributed by atoms with Crippen molar-refractivity contribution in [3.63, 3.8) is 0 Å². The normalized spacial score (nSPS) is 18.4. The number of carbonyl (C=O) groups excluding carboxylic acids is 3. The van der Waals surface area contributed by atoms with E-state index in [0.717, 1.165) is 38.8 Å². The molecule has 0 radical (unpaired) electrons. The molecule has 1 aliphatic rings. The van der Waals surface area contributed by atoms with Gasteiger partial charge in [-0.2, -0.15) is 0 Å². The van der Waals surface area contributed by atoms with Crippen LogP contribution in [0, 0.1) is 5.92 Å². The summed E-state index contributed by atoms with van der Waals surface area (Å²) in [4.78, 5) is 38.6. The van der Waals surface area contributed by atoms with Crippen LogP contribution in [0.1, 0.15) is 62.7 Å². The molecule has 0 bridgehead atoms. The van der Waals surface area contributed by atoms with Crippen LogP contribution in [0.15, 0.2) is 11.4 Å². The van der Waals surface area contributed by atoms with Crippen molar-refractivity contribution in [3.8, 4) is 0 Å². The van der Waals surface area contributed by atoms with Crippen LogP contribution in [0.25, 0.3) is 0 Å². The molecule has 1 aromatic rings. The van der Waals surface area contributed by atoms with Gasteiger partial charge in [0.15, 0.2) is 0 Å². The molecule has 2 heterocycles. The van der Waals surface area contributed by atoms with Crippen molar-refractivity contribution in [2.45, 2.75) is 58.4 Å². The van der Waals surface area contributed by atoms with Gasteiger partial charge in [0.1, 0.15) is 5.00 Å². The van der Waals surface area contributed by atoms with Gasteiger partial charge < -0.3 is 16.4 Å². The van der Waals surface area contributed by atoms with E-state index in [1.807, 2.05) is 11.8 Å². The van der Waals surface area contributed by atoms with Gasteiger partial charge in [-0.15, -0.1) is 11.3 Å². The van der Waals surface area contributed by atoms with Gasteiger partial charge in [0, 0.05) is 13.1 Å². The van der Waals surface area contributed by atoms with Crippen LogP contribution in [0.5, 0.6) is 0 Å². The van der Waals surface area contributed by atoms with Gasteiger partial charge in [-0.3, -0.25) is 19.3 Å². The number of nitrogens with two attached hydrogens (primary N) is 1. The summed E-state index contributed by atoms with van der Waals surface area (Å²) in [6, 6.07) is 1.22. The van der Waals surface area contributed by atoms with Crippen molar-refractivity contribution in [2.24, 2.45) is 11.7 Å². The van der Waals surface area contributed by atoms with Crippen LogP contribution in [-0.2, 0) is 9.59 Å².